The van der Waals surface area contributed by atoms with Crippen LogP contribution in [-0.4, -0.2) is 83.9 Å². The maximum Gasteiger partial charge on any atom is 0.303 e. The Morgan fingerprint density at radius 2 is 1.93 bits per heavy atom. The number of ketones is 2. The number of nitrogens with one attached hydrogen (secondary N) is 2. The second kappa shape index (κ2) is 11.2. The third kappa shape index (κ3) is 7.98. The molecular weight excluding hydrogens is 396 g/mol. The molecule has 160 valence electrons. The molecule has 0 unspecified atom stereocenters. The van der Waals surface area contributed by atoms with Gasteiger partial charge in [-0.3, -0.25) is 29.6 Å². The van der Waals surface area contributed by atoms with Gasteiger partial charge in [-0.05, 0) is 32.2 Å². The van der Waals surface area contributed by atoms with Crippen LogP contribution in [-0.2, 0) is 29.3 Å². The van der Waals surface area contributed by atoms with E-state index < -0.39 is 51.4 Å². The Labute approximate surface area is 162 Å². The van der Waals surface area contributed by atoms with Crippen molar-refractivity contribution >= 4 is 33.6 Å². The van der Waals surface area contributed by atoms with Crippen LogP contribution in [0.15, 0.2) is 0 Å². The van der Waals surface area contributed by atoms with Gasteiger partial charge in [-0.25, -0.2) is 5.43 Å². The van der Waals surface area contributed by atoms with E-state index in [9.17, 15) is 27.6 Å². The van der Waals surface area contributed by atoms with Crippen molar-refractivity contribution in [1.29, 1.82) is 0 Å². The van der Waals surface area contributed by atoms with E-state index in [0.717, 1.165) is 0 Å². The summed E-state index contributed by atoms with van der Waals surface area (Å²) in [6.07, 6.45) is 0.579. The third-order valence-corrected chi connectivity index (χ3v) is 5.11. The van der Waals surface area contributed by atoms with Crippen LogP contribution in [0.2, 0.25) is 0 Å². The van der Waals surface area contributed by atoms with Gasteiger partial charge in [0.25, 0.3) is 10.1 Å². The highest BCUT2D eigenvalue weighted by Crippen LogP contribution is 2.20. The topological polar surface area (TPSA) is 196 Å². The van der Waals surface area contributed by atoms with Crippen LogP contribution in [0, 0.1) is 0 Å². The van der Waals surface area contributed by atoms with Crippen LogP contribution in [0.5, 0.6) is 0 Å². The molecule has 0 bridgehead atoms. The summed E-state index contributed by atoms with van der Waals surface area (Å²) in [7, 11) is -4.08. The molecule has 0 aromatic carbocycles. The van der Waals surface area contributed by atoms with Crippen molar-refractivity contribution < 1.29 is 37.3 Å². The number of amides is 1. The molecule has 1 rings (SSSR count). The number of carbonyl (C=O) groups excluding carboxylic acids is 3. The van der Waals surface area contributed by atoms with Gasteiger partial charge in [-0.15, -0.1) is 0 Å². The summed E-state index contributed by atoms with van der Waals surface area (Å²) >= 11 is 0. The standard InChI is InChI=1S/C15H26N4O8S/c16-18-10(4-5-13(21)22)15(24)19-7-1-3-11(19)14(23)12(20)9-17-6-2-8-28(25,26)27/h10-11,17-18H,1-9,16H2,(H,21,22)(H,25,26,27)/t10-,11-/m0/s1. The van der Waals surface area contributed by atoms with Crippen molar-refractivity contribution in [2.45, 2.75) is 44.2 Å². The van der Waals surface area contributed by atoms with E-state index in [2.05, 4.69) is 10.7 Å². The number of nitrogens with two attached hydrogens (primary N) is 1. The Morgan fingerprint density at radius 1 is 1.25 bits per heavy atom. The summed E-state index contributed by atoms with van der Waals surface area (Å²) < 4.78 is 29.8. The number of carbonyl (C=O) groups is 4. The number of aliphatic carboxylic acids is 1. The Bertz CT molecular complexity index is 696. The first kappa shape index (κ1) is 24.1. The number of nitrogens with zero attached hydrogens (tertiary/aromatic N) is 1. The van der Waals surface area contributed by atoms with E-state index in [1.54, 1.807) is 0 Å². The molecule has 1 fully saturated rings. The van der Waals surface area contributed by atoms with Crippen LogP contribution >= 0.6 is 0 Å². The maximum absolute atomic E-state index is 12.6. The van der Waals surface area contributed by atoms with E-state index in [1.165, 1.54) is 4.90 Å². The molecule has 0 saturated carbocycles. The van der Waals surface area contributed by atoms with Gasteiger partial charge in [-0.2, -0.15) is 8.42 Å². The highest BCUT2D eigenvalue weighted by Gasteiger charge is 2.38. The zero-order valence-corrected chi connectivity index (χ0v) is 16.1. The highest BCUT2D eigenvalue weighted by atomic mass is 32.2. The molecule has 0 spiro atoms. The molecule has 2 atom stereocenters. The molecule has 0 aromatic rings. The molecular formula is C15H26N4O8S. The predicted octanol–water partition coefficient (Wildman–Crippen LogP) is -2.32. The molecule has 1 amide bonds. The molecule has 0 radical (unpaired) electrons. The minimum Gasteiger partial charge on any atom is -0.481 e. The quantitative estimate of drug-likeness (QED) is 0.0702. The van der Waals surface area contributed by atoms with Crippen molar-refractivity contribution in [3.63, 3.8) is 0 Å². The Hall–Kier alpha value is -1.93. The summed E-state index contributed by atoms with van der Waals surface area (Å²) in [6, 6.07) is -1.90. The van der Waals surface area contributed by atoms with E-state index in [4.69, 9.17) is 15.5 Å². The maximum atomic E-state index is 12.6. The fourth-order valence-electron chi connectivity index (χ4n) is 2.90. The van der Waals surface area contributed by atoms with Gasteiger partial charge >= 0.3 is 5.97 Å². The zero-order valence-electron chi connectivity index (χ0n) is 15.3. The van der Waals surface area contributed by atoms with E-state index in [0.29, 0.717) is 12.8 Å². The van der Waals surface area contributed by atoms with Crippen LogP contribution in [0.4, 0.5) is 0 Å². The minimum atomic E-state index is -4.08. The molecule has 28 heavy (non-hydrogen) atoms. The lowest BCUT2D eigenvalue weighted by Crippen LogP contribution is -2.53. The second-order valence-corrected chi connectivity index (χ2v) is 8.02. The van der Waals surface area contributed by atoms with Gasteiger partial charge in [0.2, 0.25) is 17.5 Å². The largest absolute Gasteiger partial charge is 0.481 e. The lowest BCUT2D eigenvalue weighted by atomic mass is 10.0. The third-order valence-electron chi connectivity index (χ3n) is 4.30. The molecule has 0 aliphatic carbocycles. The predicted molar refractivity (Wildman–Crippen MR) is 96.6 cm³/mol. The Balaban J connectivity index is 2.57. The van der Waals surface area contributed by atoms with E-state index in [1.807, 2.05) is 0 Å². The summed E-state index contributed by atoms with van der Waals surface area (Å²) in [4.78, 5) is 48.9. The van der Waals surface area contributed by atoms with Crippen molar-refractivity contribution in [2.24, 2.45) is 5.84 Å². The minimum absolute atomic E-state index is 0.0503. The molecule has 1 aliphatic heterocycles. The van der Waals surface area contributed by atoms with Gasteiger partial charge in [-0.1, -0.05) is 0 Å². The Morgan fingerprint density at radius 3 is 2.50 bits per heavy atom. The molecule has 13 heteroatoms. The van der Waals surface area contributed by atoms with Crippen LogP contribution in [0.3, 0.4) is 0 Å². The zero-order chi connectivity index (χ0) is 21.3. The summed E-state index contributed by atoms with van der Waals surface area (Å²) in [5, 5.41) is 11.4. The van der Waals surface area contributed by atoms with Gasteiger partial charge in [0.15, 0.2) is 0 Å². The first-order valence-corrected chi connectivity index (χ1v) is 10.4. The number of rotatable bonds is 13. The van der Waals surface area contributed by atoms with Gasteiger partial charge in [0.05, 0.1) is 18.3 Å². The first-order valence-electron chi connectivity index (χ1n) is 8.78. The fraction of sp³-hybridized carbons (Fsp3) is 0.733. The van der Waals surface area contributed by atoms with Gasteiger partial charge in [0, 0.05) is 13.0 Å². The van der Waals surface area contributed by atoms with Crippen LogP contribution in [0.25, 0.3) is 0 Å². The lowest BCUT2D eigenvalue weighted by Gasteiger charge is -2.27. The normalized spacial score (nSPS) is 18.1. The van der Waals surface area contributed by atoms with Gasteiger partial charge < -0.3 is 15.3 Å². The molecule has 1 saturated heterocycles. The monoisotopic (exact) mass is 422 g/mol. The van der Waals surface area contributed by atoms with Gasteiger partial charge in [0.1, 0.15) is 6.04 Å². The molecule has 12 nitrogen and oxygen atoms in total. The summed E-state index contributed by atoms with van der Waals surface area (Å²) in [5.41, 5.74) is 2.25. The Kier molecular flexibility index (Phi) is 9.61. The molecule has 1 heterocycles. The average molecular weight is 422 g/mol. The number of hydrogen-bond acceptors (Lipinski definition) is 9. The number of likely N-dealkylation sites (tertiary alicyclic amines) is 1. The van der Waals surface area contributed by atoms with Crippen molar-refractivity contribution in [3.05, 3.63) is 0 Å². The number of carboxylic acid groups (broad SMARTS) is 1. The summed E-state index contributed by atoms with van der Waals surface area (Å²) in [5.74, 6) is 1.74. The molecule has 6 N–H and O–H groups in total. The molecule has 0 aromatic heterocycles. The lowest BCUT2D eigenvalue weighted by molar-refractivity contribution is -0.144. The van der Waals surface area contributed by atoms with Crippen molar-refractivity contribution in [3.8, 4) is 0 Å². The average Bonchev–Trinajstić information content (AvgIpc) is 3.09. The number of hydrazine groups is 1. The van der Waals surface area contributed by atoms with E-state index >= 15 is 0 Å². The number of carboxylic acids is 1. The highest BCUT2D eigenvalue weighted by molar-refractivity contribution is 7.85. The van der Waals surface area contributed by atoms with Crippen LogP contribution in [0.1, 0.15) is 32.1 Å². The first-order chi connectivity index (χ1) is 13.1. The SMILES string of the molecule is NN[C@@H](CCC(=O)O)C(=O)N1CCC[C@H]1C(=O)C(=O)CNCCCS(=O)(=O)O. The van der Waals surface area contributed by atoms with E-state index in [-0.39, 0.29) is 38.9 Å². The number of hydrogen-bond donors (Lipinski definition) is 5. The summed E-state index contributed by atoms with van der Waals surface area (Å²) in [6.45, 7) is 0.0520. The fourth-order valence-corrected chi connectivity index (χ4v) is 3.41. The van der Waals surface area contributed by atoms with Crippen molar-refractivity contribution in [1.82, 2.24) is 15.6 Å². The molecule has 1 aliphatic rings. The number of Topliss-reactive ketones (excluding diaryl/α,β-unsaturated/α-hetero) is 2. The second-order valence-electron chi connectivity index (χ2n) is 6.45. The van der Waals surface area contributed by atoms with Crippen molar-refractivity contribution in [2.75, 3.05) is 25.4 Å². The van der Waals surface area contributed by atoms with Crippen LogP contribution < -0.4 is 16.6 Å². The smallest absolute Gasteiger partial charge is 0.303 e.